The van der Waals surface area contributed by atoms with Gasteiger partial charge in [0.2, 0.25) is 0 Å². The van der Waals surface area contributed by atoms with Crippen molar-refractivity contribution in [2.24, 2.45) is 0 Å². The van der Waals surface area contributed by atoms with E-state index < -0.39 is 23.3 Å². The van der Waals surface area contributed by atoms with Crippen LogP contribution in [0.2, 0.25) is 0 Å². The zero-order valence-electron chi connectivity index (χ0n) is 14.3. The first-order valence-corrected chi connectivity index (χ1v) is 8.59. The summed E-state index contributed by atoms with van der Waals surface area (Å²) in [4.78, 5) is 39.9. The maximum atomic E-state index is 12.7. The SMILES string of the molecule is C=CC(C(=O)O)n1c(=O)[nH]c(Sc2cc(C)cc(C)c2)c(CC)c1=O. The smallest absolute Gasteiger partial charge is 0.331 e. The van der Waals surface area contributed by atoms with Crippen LogP contribution < -0.4 is 11.2 Å². The number of benzene rings is 1. The van der Waals surface area contributed by atoms with Gasteiger partial charge in [-0.2, -0.15) is 0 Å². The lowest BCUT2D eigenvalue weighted by Crippen LogP contribution is -2.42. The number of nitrogens with zero attached hydrogens (tertiary/aromatic N) is 1. The summed E-state index contributed by atoms with van der Waals surface area (Å²) in [5, 5.41) is 9.65. The Kier molecular flexibility index (Phi) is 5.69. The van der Waals surface area contributed by atoms with Crippen molar-refractivity contribution in [1.29, 1.82) is 0 Å². The molecule has 0 aliphatic carbocycles. The lowest BCUT2D eigenvalue weighted by molar-refractivity contribution is -0.139. The topological polar surface area (TPSA) is 92.2 Å². The summed E-state index contributed by atoms with van der Waals surface area (Å²) in [6, 6.07) is 4.56. The molecule has 0 fully saturated rings. The third-order valence-electron chi connectivity index (χ3n) is 3.71. The van der Waals surface area contributed by atoms with Crippen LogP contribution in [0.4, 0.5) is 0 Å². The van der Waals surface area contributed by atoms with Gasteiger partial charge in [-0.05, 0) is 43.5 Å². The zero-order chi connectivity index (χ0) is 18.7. The molecule has 25 heavy (non-hydrogen) atoms. The van der Waals surface area contributed by atoms with E-state index in [2.05, 4.69) is 11.6 Å². The fraction of sp³-hybridized carbons (Fsp3) is 0.278. The van der Waals surface area contributed by atoms with Crippen molar-refractivity contribution in [3.63, 3.8) is 0 Å². The molecule has 0 bridgehead atoms. The van der Waals surface area contributed by atoms with Gasteiger partial charge in [-0.1, -0.05) is 30.8 Å². The first-order valence-electron chi connectivity index (χ1n) is 7.77. The van der Waals surface area contributed by atoms with Crippen LogP contribution in [0, 0.1) is 13.8 Å². The van der Waals surface area contributed by atoms with Crippen LogP contribution in [0.5, 0.6) is 0 Å². The van der Waals surface area contributed by atoms with Gasteiger partial charge in [-0.25, -0.2) is 14.2 Å². The molecule has 0 saturated heterocycles. The predicted octanol–water partition coefficient (Wildman–Crippen LogP) is 2.68. The van der Waals surface area contributed by atoms with Gasteiger partial charge in [0.25, 0.3) is 5.56 Å². The van der Waals surface area contributed by atoms with Crippen molar-refractivity contribution in [2.45, 2.75) is 43.2 Å². The number of aromatic nitrogens is 2. The summed E-state index contributed by atoms with van der Waals surface area (Å²) < 4.78 is 0.694. The first-order chi connectivity index (χ1) is 11.8. The van der Waals surface area contributed by atoms with Crippen molar-refractivity contribution < 1.29 is 9.90 Å². The van der Waals surface area contributed by atoms with E-state index in [0.717, 1.165) is 22.1 Å². The first kappa shape index (κ1) is 18.8. The van der Waals surface area contributed by atoms with Crippen LogP contribution in [0.1, 0.15) is 29.7 Å². The monoisotopic (exact) mass is 360 g/mol. The second kappa shape index (κ2) is 7.57. The number of rotatable bonds is 6. The summed E-state index contributed by atoms with van der Waals surface area (Å²) in [5.41, 5.74) is 1.16. The molecule has 7 heteroatoms. The van der Waals surface area contributed by atoms with Crippen molar-refractivity contribution >= 4 is 17.7 Å². The number of H-pyrrole nitrogens is 1. The minimum atomic E-state index is -1.40. The van der Waals surface area contributed by atoms with Gasteiger partial charge in [0.05, 0.1) is 5.03 Å². The number of nitrogens with one attached hydrogen (secondary N) is 1. The summed E-state index contributed by atoms with van der Waals surface area (Å²) in [6.45, 7) is 9.14. The van der Waals surface area contributed by atoms with Gasteiger partial charge in [0, 0.05) is 10.5 Å². The van der Waals surface area contributed by atoms with Crippen molar-refractivity contribution in [1.82, 2.24) is 9.55 Å². The molecule has 2 aromatic rings. The van der Waals surface area contributed by atoms with E-state index in [4.69, 9.17) is 0 Å². The Hall–Kier alpha value is -2.54. The van der Waals surface area contributed by atoms with Crippen molar-refractivity contribution in [3.05, 3.63) is 68.4 Å². The Balaban J connectivity index is 2.61. The quantitative estimate of drug-likeness (QED) is 0.610. The maximum absolute atomic E-state index is 12.7. The number of carboxylic acids is 1. The highest BCUT2D eigenvalue weighted by Gasteiger charge is 2.23. The van der Waals surface area contributed by atoms with E-state index >= 15 is 0 Å². The Labute approximate surface area is 149 Å². The third kappa shape index (κ3) is 3.93. The molecule has 132 valence electrons. The van der Waals surface area contributed by atoms with Crippen molar-refractivity contribution in [3.8, 4) is 0 Å². The minimum Gasteiger partial charge on any atom is -0.479 e. The summed E-state index contributed by atoms with van der Waals surface area (Å²) in [7, 11) is 0. The van der Waals surface area contributed by atoms with E-state index in [-0.39, 0.29) is 0 Å². The van der Waals surface area contributed by atoms with Crippen LogP contribution in [-0.4, -0.2) is 20.6 Å². The molecule has 0 saturated carbocycles. The Bertz CT molecular complexity index is 923. The lowest BCUT2D eigenvalue weighted by atomic mass is 10.2. The molecule has 0 aliphatic heterocycles. The summed E-state index contributed by atoms with van der Waals surface area (Å²) in [6.07, 6.45) is 1.43. The predicted molar refractivity (Wildman–Crippen MR) is 97.6 cm³/mol. The number of carbonyl (C=O) groups is 1. The molecular weight excluding hydrogens is 340 g/mol. The molecule has 2 N–H and O–H groups in total. The number of hydrogen-bond donors (Lipinski definition) is 2. The van der Waals surface area contributed by atoms with E-state index in [9.17, 15) is 19.5 Å². The average Bonchev–Trinajstić information content (AvgIpc) is 2.50. The Morgan fingerprint density at radius 2 is 1.92 bits per heavy atom. The van der Waals surface area contributed by atoms with E-state index in [1.54, 1.807) is 6.92 Å². The maximum Gasteiger partial charge on any atom is 0.331 e. The molecule has 1 heterocycles. The van der Waals surface area contributed by atoms with Gasteiger partial charge in [0.15, 0.2) is 6.04 Å². The second-order valence-corrected chi connectivity index (χ2v) is 6.79. The van der Waals surface area contributed by atoms with Crippen LogP contribution in [0.25, 0.3) is 0 Å². The van der Waals surface area contributed by atoms with Crippen LogP contribution in [0.3, 0.4) is 0 Å². The molecule has 0 radical (unpaired) electrons. The van der Waals surface area contributed by atoms with Gasteiger partial charge >= 0.3 is 11.7 Å². The van der Waals surface area contributed by atoms with E-state index in [0.29, 0.717) is 21.6 Å². The van der Waals surface area contributed by atoms with E-state index in [1.807, 2.05) is 32.0 Å². The highest BCUT2D eigenvalue weighted by atomic mass is 32.2. The highest BCUT2D eigenvalue weighted by Crippen LogP contribution is 2.29. The molecule has 1 aromatic carbocycles. The molecule has 1 aromatic heterocycles. The zero-order valence-corrected chi connectivity index (χ0v) is 15.1. The van der Waals surface area contributed by atoms with Crippen LogP contribution in [0.15, 0.2) is 50.4 Å². The summed E-state index contributed by atoms with van der Waals surface area (Å²) in [5.74, 6) is -1.31. The number of carboxylic acid groups (broad SMARTS) is 1. The molecular formula is C18H20N2O4S. The third-order valence-corrected chi connectivity index (χ3v) is 4.74. The number of aryl methyl sites for hydroxylation is 2. The van der Waals surface area contributed by atoms with E-state index in [1.165, 1.54) is 11.8 Å². The fourth-order valence-corrected chi connectivity index (χ4v) is 3.86. The highest BCUT2D eigenvalue weighted by molar-refractivity contribution is 7.99. The van der Waals surface area contributed by atoms with Gasteiger partial charge < -0.3 is 10.1 Å². The van der Waals surface area contributed by atoms with Gasteiger partial charge in [-0.3, -0.25) is 4.79 Å². The van der Waals surface area contributed by atoms with Crippen LogP contribution >= 0.6 is 11.8 Å². The molecule has 0 aliphatic rings. The minimum absolute atomic E-state index is 0.367. The molecule has 2 rings (SSSR count). The normalized spacial score (nSPS) is 12.0. The molecule has 1 atom stereocenters. The molecule has 0 spiro atoms. The standard InChI is InChI=1S/C18H20N2O4S/c1-5-13-15(25-12-8-10(3)7-11(4)9-12)19-18(24)20(16(13)21)14(6-2)17(22)23/h6-9,14H,2,5H2,1,3-4H3,(H,19,24)(H,22,23). The average molecular weight is 360 g/mol. The second-order valence-electron chi connectivity index (χ2n) is 5.71. The molecule has 0 amide bonds. The fourth-order valence-electron chi connectivity index (χ4n) is 2.65. The number of aliphatic carboxylic acids is 1. The van der Waals surface area contributed by atoms with Gasteiger partial charge in [-0.15, -0.1) is 6.58 Å². The Morgan fingerprint density at radius 1 is 1.32 bits per heavy atom. The summed E-state index contributed by atoms with van der Waals surface area (Å²) >= 11 is 1.29. The van der Waals surface area contributed by atoms with Crippen LogP contribution in [-0.2, 0) is 11.2 Å². The molecule has 1 unspecified atom stereocenters. The van der Waals surface area contributed by atoms with Gasteiger partial charge in [0.1, 0.15) is 0 Å². The largest absolute Gasteiger partial charge is 0.479 e. The lowest BCUT2D eigenvalue weighted by Gasteiger charge is -2.14. The molecule has 6 nitrogen and oxygen atoms in total. The number of hydrogen-bond acceptors (Lipinski definition) is 4. The Morgan fingerprint density at radius 3 is 2.40 bits per heavy atom. The van der Waals surface area contributed by atoms with Crippen molar-refractivity contribution in [2.75, 3.05) is 0 Å². The number of aromatic amines is 1.